The van der Waals surface area contributed by atoms with Crippen LogP contribution in [0.1, 0.15) is 74.7 Å². The number of rotatable bonds is 4. The highest BCUT2D eigenvalue weighted by Crippen LogP contribution is 2.35. The summed E-state index contributed by atoms with van der Waals surface area (Å²) in [5, 5.41) is 6.42. The molecule has 31 heavy (non-hydrogen) atoms. The predicted octanol–water partition coefficient (Wildman–Crippen LogP) is 5.94. The quantitative estimate of drug-likeness (QED) is 0.480. The second-order valence-corrected chi connectivity index (χ2v) is 10.2. The van der Waals surface area contributed by atoms with E-state index >= 15 is 0 Å². The molecule has 2 amide bonds. The van der Waals surface area contributed by atoms with Gasteiger partial charge in [0.25, 0.3) is 0 Å². The van der Waals surface area contributed by atoms with Gasteiger partial charge in [-0.1, -0.05) is 13.0 Å². The summed E-state index contributed by atoms with van der Waals surface area (Å²) in [6, 6.07) is 0.253. The number of carbonyl (C=O) groups excluding carboxylic acids is 2. The van der Waals surface area contributed by atoms with Crippen LogP contribution in [0.3, 0.4) is 0 Å². The van der Waals surface area contributed by atoms with Crippen LogP contribution in [0.5, 0.6) is 0 Å². The van der Waals surface area contributed by atoms with E-state index in [1.54, 1.807) is 54.7 Å². The molecule has 0 spiro atoms. The topological polar surface area (TPSA) is 83.8 Å². The number of allylic oxidation sites excluding steroid dienone is 2. The number of ether oxygens (including phenoxy) is 2. The molecular weight excluding hydrogens is 464 g/mol. The van der Waals surface area contributed by atoms with Gasteiger partial charge in [-0.3, -0.25) is 0 Å². The molecule has 172 valence electrons. The number of hydrazone groups is 1. The minimum Gasteiger partial charge on any atom is -0.443 e. The van der Waals surface area contributed by atoms with Crippen molar-refractivity contribution >= 4 is 38.6 Å². The monoisotopic (exact) mass is 496 g/mol. The molecule has 1 saturated carbocycles. The summed E-state index contributed by atoms with van der Waals surface area (Å²) in [6.07, 6.45) is 4.85. The Morgan fingerprint density at radius 3 is 2.10 bits per heavy atom. The Labute approximate surface area is 193 Å². The lowest BCUT2D eigenvalue weighted by molar-refractivity contribution is 0.00831. The molecular formula is C22H33BrN4O4. The molecule has 0 atom stereocenters. The summed E-state index contributed by atoms with van der Waals surface area (Å²) in [4.78, 5) is 31.6. The smallest absolute Gasteiger partial charge is 0.424 e. The average Bonchev–Trinajstić information content (AvgIpc) is 3.36. The second kappa shape index (κ2) is 9.54. The van der Waals surface area contributed by atoms with E-state index < -0.39 is 23.4 Å². The van der Waals surface area contributed by atoms with Gasteiger partial charge in [0.2, 0.25) is 0 Å². The van der Waals surface area contributed by atoms with E-state index in [1.165, 1.54) is 0 Å². The van der Waals surface area contributed by atoms with Gasteiger partial charge < -0.3 is 9.47 Å². The Morgan fingerprint density at radius 1 is 1.16 bits per heavy atom. The highest BCUT2D eigenvalue weighted by molar-refractivity contribution is 9.18. The molecule has 1 aliphatic heterocycles. The van der Waals surface area contributed by atoms with Gasteiger partial charge in [0.15, 0.2) is 5.84 Å². The first-order valence-electron chi connectivity index (χ1n) is 10.5. The Bertz CT molecular complexity index is 815. The number of carbonyl (C=O) groups is 2. The summed E-state index contributed by atoms with van der Waals surface area (Å²) in [7, 11) is 0. The Morgan fingerprint density at radius 2 is 1.68 bits per heavy atom. The number of hydrogen-bond acceptors (Lipinski definition) is 6. The van der Waals surface area contributed by atoms with Crippen molar-refractivity contribution in [3.05, 3.63) is 23.5 Å². The van der Waals surface area contributed by atoms with Crippen LogP contribution in [0, 0.1) is 0 Å². The fourth-order valence-corrected chi connectivity index (χ4v) is 3.35. The number of imide groups is 1. The molecule has 0 aromatic carbocycles. The Balaban J connectivity index is 2.56. The molecule has 8 nitrogen and oxygen atoms in total. The zero-order valence-corrected chi connectivity index (χ0v) is 21.2. The van der Waals surface area contributed by atoms with Crippen molar-refractivity contribution in [2.75, 3.05) is 0 Å². The summed E-state index contributed by atoms with van der Waals surface area (Å²) < 4.78 is 11.5. The molecule has 1 aliphatic carbocycles. The van der Waals surface area contributed by atoms with E-state index in [0.717, 1.165) is 24.2 Å². The molecule has 2 aliphatic rings. The summed E-state index contributed by atoms with van der Waals surface area (Å²) in [5.41, 5.74) is -0.705. The van der Waals surface area contributed by atoms with Crippen LogP contribution in [0.15, 0.2) is 33.6 Å². The summed E-state index contributed by atoms with van der Waals surface area (Å²) in [5.74, 6) is 0.577. The molecule has 0 bridgehead atoms. The van der Waals surface area contributed by atoms with E-state index in [9.17, 15) is 9.59 Å². The predicted molar refractivity (Wildman–Crippen MR) is 125 cm³/mol. The molecule has 1 fully saturated rings. The minimum absolute atomic E-state index is 0.253. The molecule has 0 saturated heterocycles. The van der Waals surface area contributed by atoms with E-state index in [4.69, 9.17) is 9.47 Å². The van der Waals surface area contributed by atoms with Crippen LogP contribution in [0.2, 0.25) is 0 Å². The number of aliphatic imine (C=N–C) groups is 1. The lowest BCUT2D eigenvalue weighted by atomic mass is 10.2. The third kappa shape index (κ3) is 6.92. The van der Waals surface area contributed by atoms with Crippen LogP contribution in [-0.4, -0.2) is 49.8 Å². The highest BCUT2D eigenvalue weighted by Gasteiger charge is 2.42. The van der Waals surface area contributed by atoms with Gasteiger partial charge in [-0.15, -0.1) is 0 Å². The zero-order chi connectivity index (χ0) is 23.6. The minimum atomic E-state index is -0.819. The summed E-state index contributed by atoms with van der Waals surface area (Å²) >= 11 is 3.50. The van der Waals surface area contributed by atoms with Crippen molar-refractivity contribution in [1.29, 1.82) is 0 Å². The first kappa shape index (κ1) is 25.1. The standard InChI is InChI=1S/C22H33BrN4O4/c1-9-10-13-24-18-16(17(23)25-27(18)15-11-12-15)14(2)26(19(28)30-21(3,4)5)20(29)31-22(6,7)8/h10,13,15H,9,11-12H2,1-8H3/b13-10+,16-14+,24-18+. The third-order valence-corrected chi connectivity index (χ3v) is 4.68. The molecule has 9 heteroatoms. The van der Waals surface area contributed by atoms with E-state index in [1.807, 2.05) is 18.0 Å². The molecule has 0 aromatic heterocycles. The van der Waals surface area contributed by atoms with Crippen molar-refractivity contribution in [2.45, 2.75) is 91.9 Å². The normalized spacial score (nSPS) is 20.2. The number of nitrogens with zero attached hydrogens (tertiary/aromatic N) is 4. The van der Waals surface area contributed by atoms with Crippen molar-refractivity contribution in [3.8, 4) is 0 Å². The lowest BCUT2D eigenvalue weighted by Crippen LogP contribution is -2.43. The second-order valence-electron chi connectivity index (χ2n) is 9.47. The largest absolute Gasteiger partial charge is 0.443 e. The van der Waals surface area contributed by atoms with Crippen LogP contribution >= 0.6 is 15.9 Å². The van der Waals surface area contributed by atoms with Gasteiger partial charge in [0.1, 0.15) is 15.8 Å². The van der Waals surface area contributed by atoms with Crippen LogP contribution < -0.4 is 0 Å². The SMILES string of the molecule is CC/C=C/N=C1\C(=C(/C)N(C(=O)OC(C)(C)C)C(=O)OC(C)(C)C)C(Br)=NN1C1CC1. The van der Waals surface area contributed by atoms with Gasteiger partial charge in [0.05, 0.1) is 11.6 Å². The molecule has 0 aromatic rings. The first-order valence-corrected chi connectivity index (χ1v) is 11.3. The summed E-state index contributed by atoms with van der Waals surface area (Å²) in [6.45, 7) is 14.1. The van der Waals surface area contributed by atoms with Crippen molar-refractivity contribution in [1.82, 2.24) is 9.91 Å². The highest BCUT2D eigenvalue weighted by atomic mass is 79.9. The molecule has 2 rings (SSSR count). The van der Waals surface area contributed by atoms with E-state index in [-0.39, 0.29) is 6.04 Å². The number of halogens is 1. The van der Waals surface area contributed by atoms with Gasteiger partial charge >= 0.3 is 12.2 Å². The maximum absolute atomic E-state index is 13.0. The van der Waals surface area contributed by atoms with Gasteiger partial charge in [0, 0.05) is 11.9 Å². The number of amidine groups is 1. The zero-order valence-electron chi connectivity index (χ0n) is 19.7. The molecule has 0 radical (unpaired) electrons. The molecule has 1 heterocycles. The van der Waals surface area contributed by atoms with E-state index in [2.05, 4.69) is 26.0 Å². The maximum atomic E-state index is 13.0. The number of hydrogen-bond donors (Lipinski definition) is 0. The van der Waals surface area contributed by atoms with Gasteiger partial charge in [-0.05, 0) is 83.7 Å². The average molecular weight is 497 g/mol. The van der Waals surface area contributed by atoms with Crippen LogP contribution in [0.4, 0.5) is 9.59 Å². The fourth-order valence-electron chi connectivity index (χ4n) is 2.71. The van der Waals surface area contributed by atoms with Crippen molar-refractivity contribution < 1.29 is 19.1 Å². The molecule has 0 N–H and O–H groups in total. The third-order valence-electron chi connectivity index (χ3n) is 4.12. The first-order chi connectivity index (χ1) is 14.2. The van der Waals surface area contributed by atoms with Crippen LogP contribution in [-0.2, 0) is 9.47 Å². The van der Waals surface area contributed by atoms with Crippen molar-refractivity contribution in [2.24, 2.45) is 10.1 Å². The Kier molecular flexibility index (Phi) is 7.73. The van der Waals surface area contributed by atoms with Gasteiger partial charge in [-0.2, -0.15) is 10.0 Å². The van der Waals surface area contributed by atoms with Gasteiger partial charge in [-0.25, -0.2) is 19.6 Å². The Hall–Kier alpha value is -2.16. The fraction of sp³-hybridized carbons (Fsp3) is 0.636. The maximum Gasteiger partial charge on any atom is 0.424 e. The number of amides is 2. The van der Waals surface area contributed by atoms with E-state index in [0.29, 0.717) is 21.7 Å². The van der Waals surface area contributed by atoms with Crippen molar-refractivity contribution in [3.63, 3.8) is 0 Å². The molecule has 0 unspecified atom stereocenters. The van der Waals surface area contributed by atoms with Crippen LogP contribution in [0.25, 0.3) is 0 Å². The lowest BCUT2D eigenvalue weighted by Gasteiger charge is -2.29.